The molecule has 2 unspecified atom stereocenters. The summed E-state index contributed by atoms with van der Waals surface area (Å²) < 4.78 is 5.32. The van der Waals surface area contributed by atoms with E-state index in [2.05, 4.69) is 0 Å². The molecule has 1 rings (SSSR count). The van der Waals surface area contributed by atoms with Gasteiger partial charge in [0, 0.05) is 13.0 Å². The van der Waals surface area contributed by atoms with Crippen LogP contribution in [-0.2, 0) is 9.53 Å². The van der Waals surface area contributed by atoms with Crippen molar-refractivity contribution in [3.63, 3.8) is 0 Å². The molecule has 0 aromatic carbocycles. The van der Waals surface area contributed by atoms with Gasteiger partial charge in [0.05, 0.1) is 25.4 Å². The summed E-state index contributed by atoms with van der Waals surface area (Å²) in [6, 6.07) is 0.134. The Bertz CT molecular complexity index is 184. The van der Waals surface area contributed by atoms with Crippen molar-refractivity contribution in [3.05, 3.63) is 0 Å². The first-order valence-electron chi connectivity index (χ1n) is 4.71. The first kappa shape index (κ1) is 10.5. The lowest BCUT2D eigenvalue weighted by molar-refractivity contribution is -0.145. The van der Waals surface area contributed by atoms with Crippen molar-refractivity contribution in [3.8, 4) is 0 Å². The second kappa shape index (κ2) is 4.58. The van der Waals surface area contributed by atoms with Crippen molar-refractivity contribution >= 4 is 5.91 Å². The van der Waals surface area contributed by atoms with Crippen LogP contribution in [0.5, 0.6) is 0 Å². The Morgan fingerprint density at radius 1 is 1.69 bits per heavy atom. The molecule has 1 aliphatic heterocycles. The molecule has 2 atom stereocenters. The third kappa shape index (κ3) is 2.42. The number of morpholine rings is 1. The van der Waals surface area contributed by atoms with Crippen molar-refractivity contribution < 1.29 is 14.6 Å². The summed E-state index contributed by atoms with van der Waals surface area (Å²) in [4.78, 5) is 13.2. The molecule has 4 heteroatoms. The van der Waals surface area contributed by atoms with E-state index in [1.807, 2.05) is 13.8 Å². The van der Waals surface area contributed by atoms with Gasteiger partial charge in [0.2, 0.25) is 5.91 Å². The number of hydrogen-bond acceptors (Lipinski definition) is 3. The zero-order valence-corrected chi connectivity index (χ0v) is 8.19. The average molecular weight is 187 g/mol. The standard InChI is InChI=1S/C9H17NO3/c1-3-9(12)10-4-8(5-11)13-6-7(10)2/h7-8,11H,3-6H2,1-2H3. The third-order valence-electron chi connectivity index (χ3n) is 2.33. The van der Waals surface area contributed by atoms with Gasteiger partial charge in [-0.1, -0.05) is 6.92 Å². The van der Waals surface area contributed by atoms with Crippen molar-refractivity contribution in [1.29, 1.82) is 0 Å². The van der Waals surface area contributed by atoms with E-state index in [0.717, 1.165) is 0 Å². The largest absolute Gasteiger partial charge is 0.394 e. The average Bonchev–Trinajstić information content (AvgIpc) is 2.17. The molecule has 0 saturated carbocycles. The molecule has 1 N–H and O–H groups in total. The predicted molar refractivity (Wildman–Crippen MR) is 48.3 cm³/mol. The number of nitrogens with zero attached hydrogens (tertiary/aromatic N) is 1. The maximum Gasteiger partial charge on any atom is 0.222 e. The topological polar surface area (TPSA) is 49.8 Å². The molecule has 1 aliphatic rings. The fourth-order valence-corrected chi connectivity index (χ4v) is 1.48. The third-order valence-corrected chi connectivity index (χ3v) is 2.33. The normalized spacial score (nSPS) is 29.0. The second-order valence-electron chi connectivity index (χ2n) is 3.39. The monoisotopic (exact) mass is 187 g/mol. The molecule has 0 aromatic rings. The fourth-order valence-electron chi connectivity index (χ4n) is 1.48. The van der Waals surface area contributed by atoms with E-state index in [1.54, 1.807) is 4.90 Å². The van der Waals surface area contributed by atoms with Gasteiger partial charge < -0.3 is 14.7 Å². The van der Waals surface area contributed by atoms with E-state index in [0.29, 0.717) is 19.6 Å². The Morgan fingerprint density at radius 3 is 2.92 bits per heavy atom. The Kier molecular flexibility index (Phi) is 3.69. The van der Waals surface area contributed by atoms with E-state index in [-0.39, 0.29) is 24.7 Å². The molecular formula is C9H17NO3. The quantitative estimate of drug-likeness (QED) is 0.662. The first-order valence-corrected chi connectivity index (χ1v) is 4.71. The van der Waals surface area contributed by atoms with E-state index in [1.165, 1.54) is 0 Å². The summed E-state index contributed by atoms with van der Waals surface area (Å²) in [5.74, 6) is 0.134. The molecule has 1 heterocycles. The number of aliphatic hydroxyl groups is 1. The molecule has 1 saturated heterocycles. The van der Waals surface area contributed by atoms with Crippen LogP contribution in [0.1, 0.15) is 20.3 Å². The van der Waals surface area contributed by atoms with Crippen LogP contribution in [-0.4, -0.2) is 47.8 Å². The van der Waals surface area contributed by atoms with Crippen molar-refractivity contribution in [2.75, 3.05) is 19.8 Å². The number of carbonyl (C=O) groups is 1. The van der Waals surface area contributed by atoms with E-state index in [9.17, 15) is 4.79 Å². The van der Waals surface area contributed by atoms with Crippen LogP contribution in [0.2, 0.25) is 0 Å². The van der Waals surface area contributed by atoms with Gasteiger partial charge in [0.25, 0.3) is 0 Å². The number of amides is 1. The van der Waals surface area contributed by atoms with Gasteiger partial charge in [-0.15, -0.1) is 0 Å². The Labute approximate surface area is 78.5 Å². The minimum absolute atomic E-state index is 0.0137. The molecule has 0 aliphatic carbocycles. The summed E-state index contributed by atoms with van der Waals surface area (Å²) in [6.07, 6.45) is 0.314. The molecule has 13 heavy (non-hydrogen) atoms. The Hall–Kier alpha value is -0.610. The van der Waals surface area contributed by atoms with Gasteiger partial charge in [-0.2, -0.15) is 0 Å². The highest BCUT2D eigenvalue weighted by molar-refractivity contribution is 5.76. The highest BCUT2D eigenvalue weighted by Gasteiger charge is 2.27. The number of aliphatic hydroxyl groups excluding tert-OH is 1. The molecule has 76 valence electrons. The lowest BCUT2D eigenvalue weighted by atomic mass is 10.2. The highest BCUT2D eigenvalue weighted by atomic mass is 16.5. The minimum Gasteiger partial charge on any atom is -0.394 e. The molecule has 4 nitrogen and oxygen atoms in total. The number of rotatable bonds is 2. The van der Waals surface area contributed by atoms with Crippen LogP contribution in [0.15, 0.2) is 0 Å². The van der Waals surface area contributed by atoms with Crippen LogP contribution in [0, 0.1) is 0 Å². The second-order valence-corrected chi connectivity index (χ2v) is 3.39. The van der Waals surface area contributed by atoms with Gasteiger partial charge in [-0.05, 0) is 6.92 Å². The number of hydrogen-bond donors (Lipinski definition) is 1. The van der Waals surface area contributed by atoms with Gasteiger partial charge in [0.1, 0.15) is 0 Å². The molecule has 0 spiro atoms. The number of carbonyl (C=O) groups excluding carboxylic acids is 1. The van der Waals surface area contributed by atoms with Crippen LogP contribution >= 0.6 is 0 Å². The Morgan fingerprint density at radius 2 is 2.38 bits per heavy atom. The smallest absolute Gasteiger partial charge is 0.222 e. The van der Waals surface area contributed by atoms with Crippen LogP contribution in [0.25, 0.3) is 0 Å². The molecule has 1 fully saturated rings. The fraction of sp³-hybridized carbons (Fsp3) is 0.889. The summed E-state index contributed by atoms with van der Waals surface area (Å²) in [5.41, 5.74) is 0. The summed E-state index contributed by atoms with van der Waals surface area (Å²) in [5, 5.41) is 8.89. The SMILES string of the molecule is CCC(=O)N1CC(CO)OCC1C. The maximum atomic E-state index is 11.4. The number of ether oxygens (including phenoxy) is 1. The molecule has 1 amide bonds. The van der Waals surface area contributed by atoms with Crippen LogP contribution in [0.3, 0.4) is 0 Å². The highest BCUT2D eigenvalue weighted by Crippen LogP contribution is 2.12. The zero-order valence-electron chi connectivity index (χ0n) is 8.19. The molecular weight excluding hydrogens is 170 g/mol. The van der Waals surface area contributed by atoms with E-state index < -0.39 is 0 Å². The first-order chi connectivity index (χ1) is 6.19. The molecule has 0 aromatic heterocycles. The summed E-state index contributed by atoms with van der Waals surface area (Å²) >= 11 is 0. The van der Waals surface area contributed by atoms with Crippen molar-refractivity contribution in [2.45, 2.75) is 32.4 Å². The summed E-state index contributed by atoms with van der Waals surface area (Å²) in [7, 11) is 0. The maximum absolute atomic E-state index is 11.4. The van der Waals surface area contributed by atoms with Crippen molar-refractivity contribution in [2.24, 2.45) is 0 Å². The molecule has 0 radical (unpaired) electrons. The summed E-state index contributed by atoms with van der Waals surface area (Å²) in [6.45, 7) is 4.83. The van der Waals surface area contributed by atoms with Crippen molar-refractivity contribution in [1.82, 2.24) is 4.90 Å². The van der Waals surface area contributed by atoms with Gasteiger partial charge in [-0.3, -0.25) is 4.79 Å². The van der Waals surface area contributed by atoms with Crippen LogP contribution < -0.4 is 0 Å². The van der Waals surface area contributed by atoms with E-state index >= 15 is 0 Å². The lowest BCUT2D eigenvalue weighted by Crippen LogP contribution is -2.51. The lowest BCUT2D eigenvalue weighted by Gasteiger charge is -2.37. The van der Waals surface area contributed by atoms with Gasteiger partial charge >= 0.3 is 0 Å². The molecule has 0 bridgehead atoms. The Balaban J connectivity index is 2.54. The predicted octanol–water partition coefficient (Wildman–Crippen LogP) is 0.00460. The zero-order chi connectivity index (χ0) is 9.84. The van der Waals surface area contributed by atoms with Gasteiger partial charge in [0.15, 0.2) is 0 Å². The van der Waals surface area contributed by atoms with Crippen LogP contribution in [0.4, 0.5) is 0 Å². The van der Waals surface area contributed by atoms with E-state index in [4.69, 9.17) is 9.84 Å². The van der Waals surface area contributed by atoms with Gasteiger partial charge in [-0.25, -0.2) is 0 Å². The minimum atomic E-state index is -0.202.